The van der Waals surface area contributed by atoms with E-state index in [0.29, 0.717) is 21.8 Å². The molecule has 1 unspecified atom stereocenters. The minimum Gasteiger partial charge on any atom is -0.382 e. The predicted molar refractivity (Wildman–Crippen MR) is 81.8 cm³/mol. The maximum Gasteiger partial charge on any atom is 0.153 e. The number of nitrogen functional groups attached to an aromatic ring is 1. The molecule has 102 valence electrons. The van der Waals surface area contributed by atoms with Crippen molar-refractivity contribution in [2.24, 2.45) is 0 Å². The monoisotopic (exact) mass is 297 g/mol. The topological polar surface area (TPSA) is 54.7 Å². The van der Waals surface area contributed by atoms with Gasteiger partial charge in [-0.15, -0.1) is 0 Å². The van der Waals surface area contributed by atoms with Gasteiger partial charge in [0.2, 0.25) is 0 Å². The van der Waals surface area contributed by atoms with Crippen LogP contribution in [-0.4, -0.2) is 10.2 Å². The Labute approximate surface area is 123 Å². The van der Waals surface area contributed by atoms with Gasteiger partial charge in [-0.3, -0.25) is 5.10 Å². The Morgan fingerprint density at radius 1 is 1.32 bits per heavy atom. The van der Waals surface area contributed by atoms with Crippen molar-refractivity contribution in [1.29, 1.82) is 0 Å². The molecule has 0 saturated carbocycles. The van der Waals surface area contributed by atoms with E-state index in [4.69, 9.17) is 28.9 Å². The van der Waals surface area contributed by atoms with Gasteiger partial charge in [-0.1, -0.05) is 49.5 Å². The highest BCUT2D eigenvalue weighted by Crippen LogP contribution is 2.36. The summed E-state index contributed by atoms with van der Waals surface area (Å²) in [5.74, 6) is 0.871. The number of nitrogens with zero attached hydrogens (tertiary/aromatic N) is 1. The van der Waals surface area contributed by atoms with E-state index in [0.717, 1.165) is 29.7 Å². The second-order valence-electron chi connectivity index (χ2n) is 4.72. The predicted octanol–water partition coefficient (Wildman–Crippen LogP) is 4.87. The van der Waals surface area contributed by atoms with Crippen molar-refractivity contribution in [1.82, 2.24) is 10.2 Å². The third-order valence-electron chi connectivity index (χ3n) is 3.25. The van der Waals surface area contributed by atoms with Crippen molar-refractivity contribution < 1.29 is 0 Å². The van der Waals surface area contributed by atoms with Gasteiger partial charge in [-0.05, 0) is 30.0 Å². The first-order valence-electron chi connectivity index (χ1n) is 6.33. The van der Waals surface area contributed by atoms with Crippen molar-refractivity contribution in [3.8, 4) is 11.1 Å². The molecule has 0 spiro atoms. The van der Waals surface area contributed by atoms with Crippen LogP contribution in [-0.2, 0) is 0 Å². The Kier molecular flexibility index (Phi) is 4.38. The van der Waals surface area contributed by atoms with E-state index < -0.39 is 0 Å². The summed E-state index contributed by atoms with van der Waals surface area (Å²) in [5.41, 5.74) is 8.90. The number of aromatic nitrogens is 2. The number of rotatable bonds is 4. The van der Waals surface area contributed by atoms with Gasteiger partial charge < -0.3 is 5.73 Å². The van der Waals surface area contributed by atoms with E-state index in [1.54, 1.807) is 6.07 Å². The zero-order valence-electron chi connectivity index (χ0n) is 11.0. The fourth-order valence-electron chi connectivity index (χ4n) is 2.26. The van der Waals surface area contributed by atoms with E-state index in [-0.39, 0.29) is 0 Å². The molecule has 2 rings (SSSR count). The molecule has 0 bridgehead atoms. The highest BCUT2D eigenvalue weighted by molar-refractivity contribution is 6.42. The average Bonchev–Trinajstić information content (AvgIpc) is 2.75. The van der Waals surface area contributed by atoms with E-state index in [9.17, 15) is 0 Å². The first kappa shape index (κ1) is 14.2. The molecule has 0 radical (unpaired) electrons. The minimum absolute atomic E-state index is 0.374. The number of H-pyrrole nitrogens is 1. The first-order valence-corrected chi connectivity index (χ1v) is 7.09. The van der Waals surface area contributed by atoms with E-state index >= 15 is 0 Å². The molecule has 3 nitrogen and oxygen atoms in total. The van der Waals surface area contributed by atoms with Crippen molar-refractivity contribution >= 4 is 29.0 Å². The molecule has 0 aliphatic rings. The summed E-state index contributed by atoms with van der Waals surface area (Å²) in [6.45, 7) is 4.33. The summed E-state index contributed by atoms with van der Waals surface area (Å²) in [4.78, 5) is 0. The van der Waals surface area contributed by atoms with Gasteiger partial charge in [0.25, 0.3) is 0 Å². The number of anilines is 1. The van der Waals surface area contributed by atoms with Crippen molar-refractivity contribution in [3.05, 3.63) is 33.9 Å². The number of hydrogen-bond donors (Lipinski definition) is 2. The first-order chi connectivity index (χ1) is 9.04. The molecular weight excluding hydrogens is 281 g/mol. The summed E-state index contributed by atoms with van der Waals surface area (Å²) < 4.78 is 0. The second-order valence-corrected chi connectivity index (χ2v) is 5.53. The summed E-state index contributed by atoms with van der Waals surface area (Å²) in [5, 5.41) is 8.22. The van der Waals surface area contributed by atoms with E-state index in [2.05, 4.69) is 24.0 Å². The van der Waals surface area contributed by atoms with Crippen LogP contribution in [0.5, 0.6) is 0 Å². The summed E-state index contributed by atoms with van der Waals surface area (Å²) >= 11 is 12.0. The Hall–Kier alpha value is -1.19. The van der Waals surface area contributed by atoms with Crippen LogP contribution < -0.4 is 5.73 Å². The quantitative estimate of drug-likeness (QED) is 0.846. The average molecular weight is 298 g/mol. The van der Waals surface area contributed by atoms with Gasteiger partial charge in [0.05, 0.1) is 10.0 Å². The van der Waals surface area contributed by atoms with Crippen LogP contribution in [0.2, 0.25) is 10.0 Å². The molecule has 0 saturated heterocycles. The summed E-state index contributed by atoms with van der Waals surface area (Å²) in [7, 11) is 0. The SMILES string of the molecule is CCCC(C)c1[nH]nc(N)c1-c1ccc(Cl)c(Cl)c1. The Morgan fingerprint density at radius 3 is 2.68 bits per heavy atom. The third-order valence-corrected chi connectivity index (χ3v) is 3.98. The maximum absolute atomic E-state index is 6.07. The fraction of sp³-hybridized carbons (Fsp3) is 0.357. The summed E-state index contributed by atoms with van der Waals surface area (Å²) in [6, 6.07) is 5.52. The van der Waals surface area contributed by atoms with Crippen LogP contribution >= 0.6 is 23.2 Å². The lowest BCUT2D eigenvalue weighted by Crippen LogP contribution is -1.97. The number of nitrogens with two attached hydrogens (primary N) is 1. The molecule has 0 amide bonds. The molecule has 1 heterocycles. The van der Waals surface area contributed by atoms with Gasteiger partial charge in [0.1, 0.15) is 0 Å². The molecule has 0 aliphatic carbocycles. The lowest BCUT2D eigenvalue weighted by Gasteiger charge is -2.11. The van der Waals surface area contributed by atoms with Crippen LogP contribution in [0, 0.1) is 0 Å². The van der Waals surface area contributed by atoms with E-state index in [1.165, 1.54) is 0 Å². The zero-order valence-corrected chi connectivity index (χ0v) is 12.5. The highest BCUT2D eigenvalue weighted by Gasteiger charge is 2.18. The fourth-order valence-corrected chi connectivity index (χ4v) is 2.56. The van der Waals surface area contributed by atoms with Crippen molar-refractivity contribution in [3.63, 3.8) is 0 Å². The Balaban J connectivity index is 2.48. The molecule has 1 atom stereocenters. The van der Waals surface area contributed by atoms with Crippen molar-refractivity contribution in [2.75, 3.05) is 5.73 Å². The minimum atomic E-state index is 0.374. The lowest BCUT2D eigenvalue weighted by molar-refractivity contribution is 0.646. The lowest BCUT2D eigenvalue weighted by atomic mass is 9.95. The van der Waals surface area contributed by atoms with Gasteiger partial charge >= 0.3 is 0 Å². The Bertz CT molecular complexity index is 578. The van der Waals surface area contributed by atoms with Gasteiger partial charge in [0.15, 0.2) is 5.82 Å². The molecule has 19 heavy (non-hydrogen) atoms. The summed E-state index contributed by atoms with van der Waals surface area (Å²) in [6.07, 6.45) is 2.19. The van der Waals surface area contributed by atoms with Gasteiger partial charge in [-0.2, -0.15) is 5.10 Å². The molecule has 2 aromatic rings. The molecular formula is C14H17Cl2N3. The van der Waals surface area contributed by atoms with Crippen LogP contribution in [0.1, 0.15) is 38.3 Å². The van der Waals surface area contributed by atoms with Crippen LogP contribution in [0.25, 0.3) is 11.1 Å². The zero-order chi connectivity index (χ0) is 14.0. The number of halogens is 2. The van der Waals surface area contributed by atoms with Gasteiger partial charge in [-0.25, -0.2) is 0 Å². The van der Waals surface area contributed by atoms with Crippen LogP contribution in [0.3, 0.4) is 0 Å². The highest BCUT2D eigenvalue weighted by atomic mass is 35.5. The van der Waals surface area contributed by atoms with Crippen LogP contribution in [0.4, 0.5) is 5.82 Å². The molecule has 3 N–H and O–H groups in total. The smallest absolute Gasteiger partial charge is 0.153 e. The standard InChI is InChI=1S/C14H17Cl2N3/c1-3-4-8(2)13-12(14(17)19-18-13)9-5-6-10(15)11(16)7-9/h5-8H,3-4H2,1-2H3,(H3,17,18,19). The second kappa shape index (κ2) is 5.85. The molecule has 1 aromatic heterocycles. The number of nitrogens with one attached hydrogen (secondary N) is 1. The van der Waals surface area contributed by atoms with Crippen LogP contribution in [0.15, 0.2) is 18.2 Å². The largest absolute Gasteiger partial charge is 0.382 e. The third kappa shape index (κ3) is 2.88. The molecule has 0 aliphatic heterocycles. The number of aromatic amines is 1. The molecule has 0 fully saturated rings. The molecule has 5 heteroatoms. The normalized spacial score (nSPS) is 12.6. The van der Waals surface area contributed by atoms with Crippen molar-refractivity contribution in [2.45, 2.75) is 32.6 Å². The Morgan fingerprint density at radius 2 is 2.05 bits per heavy atom. The maximum atomic E-state index is 6.07. The van der Waals surface area contributed by atoms with Gasteiger partial charge in [0, 0.05) is 11.3 Å². The molecule has 1 aromatic carbocycles. The number of benzene rings is 1. The van der Waals surface area contributed by atoms with E-state index in [1.807, 2.05) is 12.1 Å². The number of hydrogen-bond acceptors (Lipinski definition) is 2.